The Hall–Kier alpha value is -1.81. The summed E-state index contributed by atoms with van der Waals surface area (Å²) < 4.78 is 33.1. The van der Waals surface area contributed by atoms with Gasteiger partial charge in [0.1, 0.15) is 12.1 Å². The fraction of sp³-hybridized carbons (Fsp3) is 0.784. The molecular formula is C37H68NO9P. The molecule has 0 fully saturated rings. The molecule has 3 unspecified atom stereocenters. The number of nitrogens with two attached hydrogens (primary N) is 1. The number of aliphatic carboxylic acids is 1. The molecule has 280 valence electrons. The van der Waals surface area contributed by atoms with E-state index < -0.39 is 45.1 Å². The Morgan fingerprint density at radius 1 is 0.667 bits per heavy atom. The van der Waals surface area contributed by atoms with Gasteiger partial charge in [0.2, 0.25) is 0 Å². The van der Waals surface area contributed by atoms with Crippen LogP contribution in [-0.4, -0.2) is 60.5 Å². The zero-order chi connectivity index (χ0) is 35.6. The number of rotatable bonds is 35. The van der Waals surface area contributed by atoms with Crippen molar-refractivity contribution in [1.82, 2.24) is 0 Å². The van der Waals surface area contributed by atoms with Crippen molar-refractivity contribution in [3.63, 3.8) is 0 Å². The lowest BCUT2D eigenvalue weighted by Crippen LogP contribution is -2.34. The van der Waals surface area contributed by atoms with E-state index in [1.807, 2.05) is 0 Å². The molecule has 0 aromatic carbocycles. The average molecular weight is 702 g/mol. The molecule has 0 amide bonds. The van der Waals surface area contributed by atoms with Crippen LogP contribution < -0.4 is 5.73 Å². The number of carboxylic acid groups (broad SMARTS) is 1. The Morgan fingerprint density at radius 3 is 1.79 bits per heavy atom. The predicted octanol–water partition coefficient (Wildman–Crippen LogP) is 9.36. The van der Waals surface area contributed by atoms with Crippen LogP contribution in [0.3, 0.4) is 0 Å². The SMILES string of the molecule is CCC/C=C\C/C=C\CCCCCCCCOCC(COP(=O)(O)OCC(N)C(=O)O)OC(=O)CCCCCCC/C=C\CCCCC. The molecule has 0 rings (SSSR count). The molecule has 4 N–H and O–H groups in total. The molecule has 0 spiro atoms. The first-order chi connectivity index (χ1) is 23.2. The Kier molecular flexibility index (Phi) is 32.4. The van der Waals surface area contributed by atoms with Crippen molar-refractivity contribution in [2.24, 2.45) is 5.73 Å². The lowest BCUT2D eigenvalue weighted by atomic mass is 10.1. The molecule has 0 aliphatic carbocycles. The minimum absolute atomic E-state index is 0.00626. The van der Waals surface area contributed by atoms with Gasteiger partial charge in [-0.3, -0.25) is 18.6 Å². The Balaban J connectivity index is 4.35. The Morgan fingerprint density at radius 2 is 1.19 bits per heavy atom. The van der Waals surface area contributed by atoms with Gasteiger partial charge in [0.05, 0.1) is 19.8 Å². The van der Waals surface area contributed by atoms with Crippen molar-refractivity contribution in [3.05, 3.63) is 36.5 Å². The van der Waals surface area contributed by atoms with Gasteiger partial charge in [-0.05, 0) is 64.2 Å². The molecule has 0 aromatic heterocycles. The molecule has 0 saturated heterocycles. The molecule has 0 aliphatic heterocycles. The van der Waals surface area contributed by atoms with E-state index in [1.165, 1.54) is 44.9 Å². The minimum Gasteiger partial charge on any atom is -0.480 e. The van der Waals surface area contributed by atoms with Gasteiger partial charge < -0.3 is 25.2 Å². The summed E-state index contributed by atoms with van der Waals surface area (Å²) in [4.78, 5) is 33.3. The molecule has 0 saturated carbocycles. The van der Waals surface area contributed by atoms with Crippen molar-refractivity contribution in [3.8, 4) is 0 Å². The molecule has 0 aromatic rings. The van der Waals surface area contributed by atoms with Gasteiger partial charge in [-0.2, -0.15) is 0 Å². The van der Waals surface area contributed by atoms with Crippen LogP contribution in [0.5, 0.6) is 0 Å². The van der Waals surface area contributed by atoms with E-state index in [4.69, 9.17) is 24.8 Å². The van der Waals surface area contributed by atoms with Crippen LogP contribution in [0.4, 0.5) is 0 Å². The summed E-state index contributed by atoms with van der Waals surface area (Å²) in [5.74, 6) is -1.80. The van der Waals surface area contributed by atoms with Crippen molar-refractivity contribution in [1.29, 1.82) is 0 Å². The third-order valence-electron chi connectivity index (χ3n) is 7.62. The number of unbranched alkanes of at least 4 members (excludes halogenated alkanes) is 15. The first kappa shape index (κ1) is 46.2. The van der Waals surface area contributed by atoms with Gasteiger partial charge in [0, 0.05) is 13.0 Å². The molecular weight excluding hydrogens is 633 g/mol. The van der Waals surface area contributed by atoms with Crippen molar-refractivity contribution < 1.29 is 42.7 Å². The second-order valence-corrected chi connectivity index (χ2v) is 13.8. The monoisotopic (exact) mass is 701 g/mol. The number of carbonyl (C=O) groups excluding carboxylic acids is 1. The maximum Gasteiger partial charge on any atom is 0.472 e. The summed E-state index contributed by atoms with van der Waals surface area (Å²) in [6.45, 7) is 3.73. The molecule has 0 radical (unpaired) electrons. The summed E-state index contributed by atoms with van der Waals surface area (Å²) in [6, 6.07) is -1.47. The van der Waals surface area contributed by atoms with Crippen LogP contribution in [-0.2, 0) is 32.7 Å². The molecule has 0 bridgehead atoms. The third kappa shape index (κ3) is 32.7. The van der Waals surface area contributed by atoms with Gasteiger partial charge in [-0.1, -0.05) is 115 Å². The van der Waals surface area contributed by atoms with Crippen molar-refractivity contribution in [2.45, 2.75) is 161 Å². The molecule has 3 atom stereocenters. The zero-order valence-corrected chi connectivity index (χ0v) is 31.0. The van der Waals surface area contributed by atoms with Crippen LogP contribution in [0, 0.1) is 0 Å². The quantitative estimate of drug-likeness (QED) is 0.0252. The van der Waals surface area contributed by atoms with Crippen LogP contribution in [0.25, 0.3) is 0 Å². The van der Waals surface area contributed by atoms with Crippen molar-refractivity contribution >= 4 is 19.8 Å². The maximum absolute atomic E-state index is 12.5. The largest absolute Gasteiger partial charge is 0.480 e. The number of allylic oxidation sites excluding steroid dienone is 6. The van der Waals surface area contributed by atoms with E-state index in [2.05, 4.69) is 54.8 Å². The van der Waals surface area contributed by atoms with Gasteiger partial charge in [0.25, 0.3) is 0 Å². The molecule has 0 aliphatic rings. The second kappa shape index (κ2) is 33.7. The lowest BCUT2D eigenvalue weighted by molar-refractivity contribution is -0.154. The van der Waals surface area contributed by atoms with E-state index in [-0.39, 0.29) is 13.0 Å². The van der Waals surface area contributed by atoms with E-state index in [0.29, 0.717) is 13.0 Å². The summed E-state index contributed by atoms with van der Waals surface area (Å²) >= 11 is 0. The maximum atomic E-state index is 12.5. The van der Waals surface area contributed by atoms with Gasteiger partial charge in [0.15, 0.2) is 0 Å². The van der Waals surface area contributed by atoms with E-state index in [0.717, 1.165) is 77.0 Å². The van der Waals surface area contributed by atoms with E-state index in [9.17, 15) is 19.0 Å². The highest BCUT2D eigenvalue weighted by atomic mass is 31.2. The van der Waals surface area contributed by atoms with E-state index in [1.54, 1.807) is 0 Å². The summed E-state index contributed by atoms with van der Waals surface area (Å²) in [5.41, 5.74) is 5.33. The topological polar surface area (TPSA) is 155 Å². The minimum atomic E-state index is -4.61. The van der Waals surface area contributed by atoms with Crippen LogP contribution in [0.2, 0.25) is 0 Å². The smallest absolute Gasteiger partial charge is 0.472 e. The Bertz CT molecular complexity index is 909. The highest BCUT2D eigenvalue weighted by molar-refractivity contribution is 7.47. The average Bonchev–Trinajstić information content (AvgIpc) is 3.06. The molecule has 0 heterocycles. The molecule has 48 heavy (non-hydrogen) atoms. The van der Waals surface area contributed by atoms with Crippen LogP contribution in [0.15, 0.2) is 36.5 Å². The first-order valence-corrected chi connectivity index (χ1v) is 20.0. The molecule has 10 nitrogen and oxygen atoms in total. The third-order valence-corrected chi connectivity index (χ3v) is 8.57. The number of carbonyl (C=O) groups is 2. The summed E-state index contributed by atoms with van der Waals surface area (Å²) in [5, 5.41) is 8.85. The summed E-state index contributed by atoms with van der Waals surface area (Å²) in [6.07, 6.45) is 34.8. The first-order valence-electron chi connectivity index (χ1n) is 18.5. The zero-order valence-electron chi connectivity index (χ0n) is 30.1. The summed E-state index contributed by atoms with van der Waals surface area (Å²) in [7, 11) is -4.61. The standard InChI is InChI=1S/C37H68NO9P/c1-3-5-7-9-11-13-15-17-18-20-22-24-26-28-30-44-31-34(32-45-48(42,43)46-33-35(38)37(40)41)47-36(39)29-27-25-23-21-19-16-14-12-10-8-6-4-2/h7,9,12-15,34-35H,3-6,8,10-11,16-33,38H2,1-2H3,(H,40,41)(H,42,43)/b9-7-,14-12-,15-13-. The highest BCUT2D eigenvalue weighted by Gasteiger charge is 2.27. The number of esters is 1. The van der Waals surface area contributed by atoms with Gasteiger partial charge >= 0.3 is 19.8 Å². The number of hydrogen-bond donors (Lipinski definition) is 3. The predicted molar refractivity (Wildman–Crippen MR) is 194 cm³/mol. The number of carboxylic acids is 1. The normalized spacial score (nSPS) is 14.6. The number of ether oxygens (including phenoxy) is 2. The van der Waals surface area contributed by atoms with E-state index >= 15 is 0 Å². The fourth-order valence-electron chi connectivity index (χ4n) is 4.69. The number of hydrogen-bond acceptors (Lipinski definition) is 8. The highest BCUT2D eigenvalue weighted by Crippen LogP contribution is 2.43. The van der Waals surface area contributed by atoms with Crippen molar-refractivity contribution in [2.75, 3.05) is 26.4 Å². The Labute approximate surface area is 291 Å². The van der Waals surface area contributed by atoms with Crippen LogP contribution in [0.1, 0.15) is 149 Å². The lowest BCUT2D eigenvalue weighted by Gasteiger charge is -2.20. The molecule has 11 heteroatoms. The van der Waals surface area contributed by atoms with Gasteiger partial charge in [-0.15, -0.1) is 0 Å². The second-order valence-electron chi connectivity index (χ2n) is 12.3. The number of phosphoric acid groups is 1. The van der Waals surface area contributed by atoms with Crippen LogP contribution >= 0.6 is 7.82 Å². The van der Waals surface area contributed by atoms with Gasteiger partial charge in [-0.25, -0.2) is 4.57 Å². The number of phosphoric ester groups is 1. The fourth-order valence-corrected chi connectivity index (χ4v) is 5.47.